The molecule has 0 saturated heterocycles. The zero-order valence-electron chi connectivity index (χ0n) is 10.7. The first-order chi connectivity index (χ1) is 8.61. The summed E-state index contributed by atoms with van der Waals surface area (Å²) in [5.41, 5.74) is 0.812. The molecule has 1 aromatic rings. The molecule has 0 fully saturated rings. The van der Waals surface area contributed by atoms with E-state index in [4.69, 9.17) is 0 Å². The first kappa shape index (κ1) is 15.5. The summed E-state index contributed by atoms with van der Waals surface area (Å²) in [4.78, 5) is 11.7. The predicted molar refractivity (Wildman–Crippen MR) is 83.2 cm³/mol. The summed E-state index contributed by atoms with van der Waals surface area (Å²) in [7, 11) is 0. The van der Waals surface area contributed by atoms with Crippen molar-refractivity contribution in [3.8, 4) is 0 Å². The van der Waals surface area contributed by atoms with Crippen molar-refractivity contribution in [1.29, 1.82) is 0 Å². The van der Waals surface area contributed by atoms with E-state index in [0.717, 1.165) is 21.7 Å². The molecule has 0 aliphatic rings. The number of halogens is 1. The molecule has 1 aromatic carbocycles. The number of carbonyl (C=O) groups is 1. The molecule has 0 heterocycles. The molecule has 0 bridgehead atoms. The number of benzene rings is 1. The second-order valence-electron chi connectivity index (χ2n) is 4.00. The Kier molecular flexibility index (Phi) is 7.39. The minimum Gasteiger partial charge on any atom is -0.325 e. The van der Waals surface area contributed by atoms with Gasteiger partial charge in [-0.05, 0) is 30.9 Å². The van der Waals surface area contributed by atoms with Crippen molar-refractivity contribution in [3.63, 3.8) is 0 Å². The van der Waals surface area contributed by atoms with Crippen LogP contribution in [0.1, 0.15) is 13.8 Å². The summed E-state index contributed by atoms with van der Waals surface area (Å²) in [5.74, 6) is 2.12. The SMILES string of the molecule is CCSCC(C)NCC(=O)Nc1cccc(Br)c1. The summed E-state index contributed by atoms with van der Waals surface area (Å²) in [6.07, 6.45) is 0. The predicted octanol–water partition coefficient (Wildman–Crippen LogP) is 3.12. The third-order valence-corrected chi connectivity index (χ3v) is 3.93. The maximum absolute atomic E-state index is 11.7. The van der Waals surface area contributed by atoms with Crippen molar-refractivity contribution in [2.24, 2.45) is 0 Å². The molecule has 1 unspecified atom stereocenters. The Bertz CT molecular complexity index is 387. The van der Waals surface area contributed by atoms with Crippen LogP contribution in [0.4, 0.5) is 5.69 Å². The van der Waals surface area contributed by atoms with Crippen LogP contribution in [0.3, 0.4) is 0 Å². The van der Waals surface area contributed by atoms with Crippen LogP contribution in [0.5, 0.6) is 0 Å². The third kappa shape index (κ3) is 6.42. The third-order valence-electron chi connectivity index (χ3n) is 2.29. The van der Waals surface area contributed by atoms with Gasteiger partial charge in [0.15, 0.2) is 0 Å². The number of anilines is 1. The van der Waals surface area contributed by atoms with Crippen molar-refractivity contribution < 1.29 is 4.79 Å². The molecular weight excluding hydrogens is 312 g/mol. The smallest absolute Gasteiger partial charge is 0.238 e. The highest BCUT2D eigenvalue weighted by molar-refractivity contribution is 9.10. The molecule has 1 rings (SSSR count). The van der Waals surface area contributed by atoms with Gasteiger partial charge in [0.1, 0.15) is 0 Å². The minimum atomic E-state index is -0.0125. The number of nitrogens with one attached hydrogen (secondary N) is 2. The van der Waals surface area contributed by atoms with E-state index in [9.17, 15) is 4.79 Å². The number of hydrogen-bond acceptors (Lipinski definition) is 3. The van der Waals surface area contributed by atoms with Crippen LogP contribution in [-0.2, 0) is 4.79 Å². The quantitative estimate of drug-likeness (QED) is 0.807. The topological polar surface area (TPSA) is 41.1 Å². The molecule has 1 amide bonds. The van der Waals surface area contributed by atoms with Crippen LogP contribution in [0.25, 0.3) is 0 Å². The summed E-state index contributed by atoms with van der Waals surface area (Å²) >= 11 is 5.25. The van der Waals surface area contributed by atoms with E-state index >= 15 is 0 Å². The first-order valence-electron chi connectivity index (χ1n) is 5.98. The van der Waals surface area contributed by atoms with Crippen LogP contribution in [0.2, 0.25) is 0 Å². The van der Waals surface area contributed by atoms with Gasteiger partial charge in [-0.3, -0.25) is 4.79 Å². The van der Waals surface area contributed by atoms with Crippen LogP contribution in [-0.4, -0.2) is 30.0 Å². The molecule has 0 aliphatic heterocycles. The summed E-state index contributed by atoms with van der Waals surface area (Å²) < 4.78 is 0.959. The number of amides is 1. The second kappa shape index (κ2) is 8.56. The first-order valence-corrected chi connectivity index (χ1v) is 7.93. The van der Waals surface area contributed by atoms with Crippen molar-refractivity contribution in [3.05, 3.63) is 28.7 Å². The maximum Gasteiger partial charge on any atom is 0.238 e. The number of rotatable bonds is 7. The van der Waals surface area contributed by atoms with Gasteiger partial charge in [-0.15, -0.1) is 0 Å². The van der Waals surface area contributed by atoms with E-state index in [-0.39, 0.29) is 5.91 Å². The van der Waals surface area contributed by atoms with Gasteiger partial charge in [0.05, 0.1) is 6.54 Å². The fraction of sp³-hybridized carbons (Fsp3) is 0.462. The number of carbonyl (C=O) groups excluding carboxylic acids is 1. The Labute approximate surface area is 121 Å². The Morgan fingerprint density at radius 3 is 2.94 bits per heavy atom. The van der Waals surface area contributed by atoms with Crippen LogP contribution < -0.4 is 10.6 Å². The molecule has 0 spiro atoms. The molecule has 1 atom stereocenters. The zero-order valence-corrected chi connectivity index (χ0v) is 13.1. The highest BCUT2D eigenvalue weighted by atomic mass is 79.9. The zero-order chi connectivity index (χ0) is 13.4. The molecule has 3 nitrogen and oxygen atoms in total. The van der Waals surface area contributed by atoms with E-state index in [1.165, 1.54) is 0 Å². The van der Waals surface area contributed by atoms with Gasteiger partial charge in [0.25, 0.3) is 0 Å². The molecule has 18 heavy (non-hydrogen) atoms. The fourth-order valence-corrected chi connectivity index (χ4v) is 2.50. The van der Waals surface area contributed by atoms with E-state index in [2.05, 4.69) is 40.4 Å². The molecule has 0 saturated carbocycles. The Balaban J connectivity index is 2.29. The Morgan fingerprint density at radius 1 is 1.50 bits per heavy atom. The lowest BCUT2D eigenvalue weighted by atomic mass is 10.3. The molecule has 2 N–H and O–H groups in total. The van der Waals surface area contributed by atoms with Crippen molar-refractivity contribution in [2.45, 2.75) is 19.9 Å². The van der Waals surface area contributed by atoms with E-state index in [1.807, 2.05) is 36.0 Å². The molecule has 0 aromatic heterocycles. The normalized spacial score (nSPS) is 12.2. The van der Waals surface area contributed by atoms with Gasteiger partial charge < -0.3 is 10.6 Å². The number of hydrogen-bond donors (Lipinski definition) is 2. The highest BCUT2D eigenvalue weighted by Gasteiger charge is 2.05. The summed E-state index contributed by atoms with van der Waals surface area (Å²) in [6.45, 7) is 4.57. The van der Waals surface area contributed by atoms with Crippen LogP contribution in [0.15, 0.2) is 28.7 Å². The van der Waals surface area contributed by atoms with Crippen LogP contribution >= 0.6 is 27.7 Å². The van der Waals surface area contributed by atoms with Gasteiger partial charge in [-0.2, -0.15) is 11.8 Å². The molecule has 0 radical (unpaired) electrons. The summed E-state index contributed by atoms with van der Waals surface area (Å²) in [6, 6.07) is 7.93. The van der Waals surface area contributed by atoms with Crippen LogP contribution in [0, 0.1) is 0 Å². The average Bonchev–Trinajstić information content (AvgIpc) is 2.34. The highest BCUT2D eigenvalue weighted by Crippen LogP contribution is 2.15. The van der Waals surface area contributed by atoms with Crippen molar-refractivity contribution in [2.75, 3.05) is 23.4 Å². The van der Waals surface area contributed by atoms with Gasteiger partial charge in [-0.25, -0.2) is 0 Å². The molecule has 100 valence electrons. The molecule has 0 aliphatic carbocycles. The van der Waals surface area contributed by atoms with Crippen molar-refractivity contribution in [1.82, 2.24) is 5.32 Å². The Morgan fingerprint density at radius 2 is 2.28 bits per heavy atom. The van der Waals surface area contributed by atoms with E-state index in [0.29, 0.717) is 12.6 Å². The Hall–Kier alpha value is -0.520. The lowest BCUT2D eigenvalue weighted by molar-refractivity contribution is -0.115. The summed E-state index contributed by atoms with van der Waals surface area (Å²) in [5, 5.41) is 6.06. The maximum atomic E-state index is 11.7. The van der Waals surface area contributed by atoms with E-state index < -0.39 is 0 Å². The van der Waals surface area contributed by atoms with E-state index in [1.54, 1.807) is 0 Å². The molecular formula is C13H19BrN2OS. The van der Waals surface area contributed by atoms with Gasteiger partial charge in [0.2, 0.25) is 5.91 Å². The van der Waals surface area contributed by atoms with Crippen molar-refractivity contribution >= 4 is 39.3 Å². The molecule has 5 heteroatoms. The lowest BCUT2D eigenvalue weighted by Crippen LogP contribution is -2.35. The van der Waals surface area contributed by atoms with Gasteiger partial charge >= 0.3 is 0 Å². The monoisotopic (exact) mass is 330 g/mol. The minimum absolute atomic E-state index is 0.0125. The standard InChI is InChI=1S/C13H19BrN2OS/c1-3-18-9-10(2)15-8-13(17)16-12-6-4-5-11(14)7-12/h4-7,10,15H,3,8-9H2,1-2H3,(H,16,17). The number of thioether (sulfide) groups is 1. The second-order valence-corrected chi connectivity index (χ2v) is 6.23. The fourth-order valence-electron chi connectivity index (χ4n) is 1.39. The van der Waals surface area contributed by atoms with Gasteiger partial charge in [-0.1, -0.05) is 28.9 Å². The van der Waals surface area contributed by atoms with Gasteiger partial charge in [0, 0.05) is 22.0 Å². The average molecular weight is 331 g/mol. The largest absolute Gasteiger partial charge is 0.325 e. The lowest BCUT2D eigenvalue weighted by Gasteiger charge is -2.13.